The largest absolute Gasteiger partial charge is 0.341 e. The predicted octanol–water partition coefficient (Wildman–Crippen LogP) is 1.45. The van der Waals surface area contributed by atoms with Gasteiger partial charge in [-0.1, -0.05) is 25.7 Å². The molecule has 0 aromatic heterocycles. The first-order chi connectivity index (χ1) is 9.31. The van der Waals surface area contributed by atoms with Gasteiger partial charge in [0.15, 0.2) is 0 Å². The summed E-state index contributed by atoms with van der Waals surface area (Å²) in [4.78, 5) is 17.1. The van der Waals surface area contributed by atoms with Crippen molar-refractivity contribution in [3.63, 3.8) is 0 Å². The van der Waals surface area contributed by atoms with Gasteiger partial charge in [-0.05, 0) is 25.8 Å². The lowest BCUT2D eigenvalue weighted by Crippen LogP contribution is -2.39. The van der Waals surface area contributed by atoms with E-state index in [9.17, 15) is 4.79 Å². The van der Waals surface area contributed by atoms with Crippen LogP contribution in [0.15, 0.2) is 0 Å². The van der Waals surface area contributed by atoms with E-state index >= 15 is 0 Å². The molecule has 4 nitrogen and oxygen atoms in total. The zero-order valence-electron chi connectivity index (χ0n) is 12.1. The lowest BCUT2D eigenvalue weighted by Gasteiger charge is -2.25. The van der Waals surface area contributed by atoms with Crippen LogP contribution < -0.4 is 5.73 Å². The van der Waals surface area contributed by atoms with Crippen molar-refractivity contribution in [2.45, 2.75) is 44.9 Å². The van der Waals surface area contributed by atoms with E-state index < -0.39 is 0 Å². The fourth-order valence-corrected chi connectivity index (χ4v) is 3.38. The topological polar surface area (TPSA) is 49.6 Å². The molecule has 110 valence electrons. The number of carbonyl (C=O) groups excluding carboxylic acids is 1. The average molecular weight is 267 g/mol. The molecule has 1 saturated carbocycles. The van der Waals surface area contributed by atoms with Crippen LogP contribution in [0.25, 0.3) is 0 Å². The van der Waals surface area contributed by atoms with Crippen LogP contribution >= 0.6 is 0 Å². The van der Waals surface area contributed by atoms with Crippen molar-refractivity contribution >= 4 is 5.91 Å². The first-order valence-corrected chi connectivity index (χ1v) is 8.02. The molecule has 0 unspecified atom stereocenters. The molecule has 4 heteroatoms. The van der Waals surface area contributed by atoms with Gasteiger partial charge in [-0.3, -0.25) is 4.79 Å². The highest BCUT2D eigenvalue weighted by atomic mass is 16.2. The van der Waals surface area contributed by atoms with Gasteiger partial charge in [0.2, 0.25) is 5.91 Å². The van der Waals surface area contributed by atoms with Gasteiger partial charge < -0.3 is 15.5 Å². The van der Waals surface area contributed by atoms with E-state index in [1.807, 2.05) is 0 Å². The smallest absolute Gasteiger partial charge is 0.225 e. The van der Waals surface area contributed by atoms with E-state index in [-0.39, 0.29) is 0 Å². The molecule has 1 aliphatic carbocycles. The quantitative estimate of drug-likeness (QED) is 0.787. The third kappa shape index (κ3) is 4.46. The minimum atomic E-state index is 0.309. The highest BCUT2D eigenvalue weighted by molar-refractivity contribution is 5.78. The van der Waals surface area contributed by atoms with Gasteiger partial charge >= 0.3 is 0 Å². The first kappa shape index (κ1) is 14.8. The van der Waals surface area contributed by atoms with E-state index in [0.29, 0.717) is 11.8 Å². The van der Waals surface area contributed by atoms with Crippen molar-refractivity contribution in [1.82, 2.24) is 9.80 Å². The van der Waals surface area contributed by atoms with Crippen LogP contribution in [0.5, 0.6) is 0 Å². The fraction of sp³-hybridized carbons (Fsp3) is 0.933. The van der Waals surface area contributed by atoms with Crippen molar-refractivity contribution in [2.24, 2.45) is 11.7 Å². The molecule has 0 bridgehead atoms. The van der Waals surface area contributed by atoms with Crippen LogP contribution in [0.4, 0.5) is 0 Å². The number of hydrogen-bond donors (Lipinski definition) is 1. The molecule has 0 atom stereocenters. The number of hydrogen-bond acceptors (Lipinski definition) is 3. The van der Waals surface area contributed by atoms with Crippen LogP contribution in [0.2, 0.25) is 0 Å². The number of carbonyl (C=O) groups is 1. The third-order valence-electron chi connectivity index (χ3n) is 4.55. The van der Waals surface area contributed by atoms with Gasteiger partial charge in [0.05, 0.1) is 0 Å². The summed E-state index contributed by atoms with van der Waals surface area (Å²) in [6, 6.07) is 0. The van der Waals surface area contributed by atoms with Crippen LogP contribution in [0.1, 0.15) is 44.9 Å². The number of nitrogens with two attached hydrogens (primary N) is 1. The Labute approximate surface area is 117 Å². The van der Waals surface area contributed by atoms with E-state index in [2.05, 4.69) is 9.80 Å². The molecule has 0 radical (unpaired) electrons. The Kier molecular flexibility index (Phi) is 6.11. The summed E-state index contributed by atoms with van der Waals surface area (Å²) >= 11 is 0. The minimum Gasteiger partial charge on any atom is -0.341 e. The minimum absolute atomic E-state index is 0.309. The van der Waals surface area contributed by atoms with Crippen molar-refractivity contribution < 1.29 is 4.79 Å². The Balaban J connectivity index is 1.84. The van der Waals surface area contributed by atoms with Crippen LogP contribution in [-0.4, -0.2) is 55.0 Å². The van der Waals surface area contributed by atoms with Crippen LogP contribution in [-0.2, 0) is 4.79 Å². The summed E-state index contributed by atoms with van der Waals surface area (Å²) in [5.74, 6) is 0.736. The molecular weight excluding hydrogens is 238 g/mol. The predicted molar refractivity (Wildman–Crippen MR) is 77.9 cm³/mol. The summed E-state index contributed by atoms with van der Waals surface area (Å²) < 4.78 is 0. The van der Waals surface area contributed by atoms with Crippen molar-refractivity contribution in [1.29, 1.82) is 0 Å². The van der Waals surface area contributed by atoms with Gasteiger partial charge in [0.25, 0.3) is 0 Å². The van der Waals surface area contributed by atoms with E-state index in [0.717, 1.165) is 58.5 Å². The highest BCUT2D eigenvalue weighted by Gasteiger charge is 2.26. The maximum absolute atomic E-state index is 12.6. The fourth-order valence-electron chi connectivity index (χ4n) is 3.38. The molecule has 1 amide bonds. The van der Waals surface area contributed by atoms with Crippen molar-refractivity contribution in [3.05, 3.63) is 0 Å². The lowest BCUT2D eigenvalue weighted by molar-refractivity contribution is -0.135. The molecule has 0 aromatic carbocycles. The molecule has 2 aliphatic rings. The first-order valence-electron chi connectivity index (χ1n) is 8.02. The van der Waals surface area contributed by atoms with Gasteiger partial charge in [-0.2, -0.15) is 0 Å². The van der Waals surface area contributed by atoms with E-state index in [1.165, 1.54) is 25.7 Å². The molecule has 2 rings (SSSR count). The zero-order valence-corrected chi connectivity index (χ0v) is 12.1. The molecular formula is C15H29N3O. The van der Waals surface area contributed by atoms with Crippen molar-refractivity contribution in [3.8, 4) is 0 Å². The zero-order chi connectivity index (χ0) is 13.5. The highest BCUT2D eigenvalue weighted by Crippen LogP contribution is 2.25. The second-order valence-corrected chi connectivity index (χ2v) is 6.00. The van der Waals surface area contributed by atoms with Gasteiger partial charge in [-0.15, -0.1) is 0 Å². The Morgan fingerprint density at radius 1 is 0.947 bits per heavy atom. The Morgan fingerprint density at radius 2 is 1.68 bits per heavy atom. The standard InChI is InChI=1S/C15H29N3O/c16-8-11-17-9-5-10-18(13-12-17)15(19)14-6-3-1-2-4-7-14/h14H,1-13,16H2. The molecule has 0 spiro atoms. The van der Waals surface area contributed by atoms with Crippen LogP contribution in [0, 0.1) is 5.92 Å². The number of amides is 1. The molecule has 1 aliphatic heterocycles. The Morgan fingerprint density at radius 3 is 2.37 bits per heavy atom. The molecule has 2 N–H and O–H groups in total. The lowest BCUT2D eigenvalue weighted by atomic mass is 9.98. The molecule has 1 saturated heterocycles. The van der Waals surface area contributed by atoms with Gasteiger partial charge in [0.1, 0.15) is 0 Å². The maximum atomic E-state index is 12.6. The maximum Gasteiger partial charge on any atom is 0.225 e. The van der Waals surface area contributed by atoms with Gasteiger partial charge in [0, 0.05) is 38.6 Å². The van der Waals surface area contributed by atoms with E-state index in [1.54, 1.807) is 0 Å². The molecule has 0 aromatic rings. The Bertz CT molecular complexity index is 275. The summed E-state index contributed by atoms with van der Waals surface area (Å²) in [6.45, 7) is 5.61. The second-order valence-electron chi connectivity index (χ2n) is 6.00. The molecule has 1 heterocycles. The second kappa shape index (κ2) is 7.85. The summed E-state index contributed by atoms with van der Waals surface area (Å²) in [6.07, 6.45) is 8.43. The SMILES string of the molecule is NCCN1CCCN(C(=O)C2CCCCCC2)CC1. The summed E-state index contributed by atoms with van der Waals surface area (Å²) in [5, 5.41) is 0. The number of nitrogens with zero attached hydrogens (tertiary/aromatic N) is 2. The van der Waals surface area contributed by atoms with Crippen LogP contribution in [0.3, 0.4) is 0 Å². The summed E-state index contributed by atoms with van der Waals surface area (Å²) in [5.41, 5.74) is 5.62. The normalized spacial score (nSPS) is 23.9. The summed E-state index contributed by atoms with van der Waals surface area (Å²) in [7, 11) is 0. The van der Waals surface area contributed by atoms with Crippen molar-refractivity contribution in [2.75, 3.05) is 39.3 Å². The van der Waals surface area contributed by atoms with E-state index in [4.69, 9.17) is 5.73 Å². The third-order valence-corrected chi connectivity index (χ3v) is 4.55. The van der Waals surface area contributed by atoms with Gasteiger partial charge in [-0.25, -0.2) is 0 Å². The monoisotopic (exact) mass is 267 g/mol. The molecule has 2 fully saturated rings. The average Bonchev–Trinajstić information content (AvgIpc) is 2.81. The Hall–Kier alpha value is -0.610. The number of rotatable bonds is 3. The molecule has 19 heavy (non-hydrogen) atoms.